The first-order valence-electron chi connectivity index (χ1n) is 9.52. The van der Waals surface area contributed by atoms with Crippen LogP contribution in [0, 0.1) is 13.8 Å². The summed E-state index contributed by atoms with van der Waals surface area (Å²) < 4.78 is 1.69. The lowest BCUT2D eigenvalue weighted by molar-refractivity contribution is -0.122. The first-order chi connectivity index (χ1) is 13.5. The number of nitrogens with zero attached hydrogens (tertiary/aromatic N) is 4. The summed E-state index contributed by atoms with van der Waals surface area (Å²) in [6.07, 6.45) is 3.10. The van der Waals surface area contributed by atoms with Crippen molar-refractivity contribution in [2.45, 2.75) is 32.1 Å². The van der Waals surface area contributed by atoms with Gasteiger partial charge in [-0.05, 0) is 44.4 Å². The lowest BCUT2D eigenvalue weighted by Crippen LogP contribution is -2.51. The highest BCUT2D eigenvalue weighted by molar-refractivity contribution is 6.07. The number of benzene rings is 1. The molecule has 0 radical (unpaired) electrons. The number of aromatic nitrogens is 3. The Hall–Kier alpha value is -3.22. The van der Waals surface area contributed by atoms with E-state index in [2.05, 4.69) is 15.4 Å². The van der Waals surface area contributed by atoms with E-state index in [0.717, 1.165) is 35.5 Å². The van der Waals surface area contributed by atoms with Crippen LogP contribution in [0.25, 0.3) is 5.65 Å². The van der Waals surface area contributed by atoms with Crippen LogP contribution in [0.3, 0.4) is 0 Å². The van der Waals surface area contributed by atoms with Crippen LogP contribution >= 0.6 is 0 Å². The second-order valence-corrected chi connectivity index (χ2v) is 7.74. The van der Waals surface area contributed by atoms with Crippen LogP contribution in [0.5, 0.6) is 0 Å². The third kappa shape index (κ3) is 2.28. The number of fused-ring (bicyclic) bond motifs is 3. The quantitative estimate of drug-likeness (QED) is 0.709. The molecule has 2 aromatic heterocycles. The van der Waals surface area contributed by atoms with Gasteiger partial charge in [0.15, 0.2) is 5.65 Å². The highest BCUT2D eigenvalue weighted by atomic mass is 16.2. The normalized spacial score (nSPS) is 21.2. The second kappa shape index (κ2) is 5.89. The fraction of sp³-hybridized carbons (Fsp3) is 0.333. The summed E-state index contributed by atoms with van der Waals surface area (Å²) in [6, 6.07) is 9.71. The van der Waals surface area contributed by atoms with E-state index < -0.39 is 5.41 Å². The summed E-state index contributed by atoms with van der Waals surface area (Å²) in [5.74, 6) is -0.139. The Morgan fingerprint density at radius 2 is 2.07 bits per heavy atom. The number of nitrogens with one attached hydrogen (secondary N) is 1. The number of carbonyl (C=O) groups excluding carboxylic acids is 2. The van der Waals surface area contributed by atoms with Crippen LogP contribution in [0.2, 0.25) is 0 Å². The van der Waals surface area contributed by atoms with E-state index in [1.165, 1.54) is 0 Å². The average Bonchev–Trinajstić information content (AvgIpc) is 3.22. The fourth-order valence-electron chi connectivity index (χ4n) is 4.60. The van der Waals surface area contributed by atoms with Crippen molar-refractivity contribution in [1.29, 1.82) is 0 Å². The van der Waals surface area contributed by atoms with Crippen LogP contribution in [-0.2, 0) is 10.2 Å². The van der Waals surface area contributed by atoms with Gasteiger partial charge in [-0.3, -0.25) is 9.59 Å². The number of likely N-dealkylation sites (tertiary alicyclic amines) is 1. The third-order valence-electron chi connectivity index (χ3n) is 5.91. The number of carbonyl (C=O) groups is 2. The molecule has 0 bridgehead atoms. The second-order valence-electron chi connectivity index (χ2n) is 7.74. The molecule has 7 heteroatoms. The van der Waals surface area contributed by atoms with Crippen LogP contribution in [0.4, 0.5) is 5.69 Å². The maximum Gasteiger partial charge on any atom is 0.259 e. The summed E-state index contributed by atoms with van der Waals surface area (Å²) in [5, 5.41) is 7.33. The molecule has 1 atom stereocenters. The Morgan fingerprint density at radius 3 is 2.93 bits per heavy atom. The van der Waals surface area contributed by atoms with Gasteiger partial charge < -0.3 is 10.2 Å². The molecule has 0 unspecified atom stereocenters. The van der Waals surface area contributed by atoms with Gasteiger partial charge in [0.2, 0.25) is 5.91 Å². The first-order valence-corrected chi connectivity index (χ1v) is 9.52. The molecule has 3 aromatic rings. The van der Waals surface area contributed by atoms with Gasteiger partial charge in [0, 0.05) is 30.2 Å². The Morgan fingerprint density at radius 1 is 1.25 bits per heavy atom. The van der Waals surface area contributed by atoms with E-state index in [1.807, 2.05) is 44.2 Å². The van der Waals surface area contributed by atoms with Gasteiger partial charge in [0.05, 0.1) is 11.6 Å². The minimum atomic E-state index is -0.674. The molecule has 2 aliphatic rings. The molecule has 7 nitrogen and oxygen atoms in total. The number of amides is 2. The van der Waals surface area contributed by atoms with Crippen LogP contribution < -0.4 is 5.32 Å². The minimum Gasteiger partial charge on any atom is -0.337 e. The molecule has 0 aliphatic carbocycles. The zero-order valence-corrected chi connectivity index (χ0v) is 15.9. The monoisotopic (exact) mass is 375 g/mol. The van der Waals surface area contributed by atoms with Gasteiger partial charge in [-0.1, -0.05) is 18.2 Å². The Balaban J connectivity index is 1.53. The predicted molar refractivity (Wildman–Crippen MR) is 104 cm³/mol. The molecule has 2 aliphatic heterocycles. The maximum absolute atomic E-state index is 13.4. The van der Waals surface area contributed by atoms with Gasteiger partial charge in [-0.25, -0.2) is 9.50 Å². The van der Waals surface area contributed by atoms with Crippen molar-refractivity contribution in [1.82, 2.24) is 19.5 Å². The largest absolute Gasteiger partial charge is 0.337 e. The number of hydrogen-bond donors (Lipinski definition) is 1. The molecule has 142 valence electrons. The van der Waals surface area contributed by atoms with E-state index in [1.54, 1.807) is 15.6 Å². The van der Waals surface area contributed by atoms with E-state index in [4.69, 9.17) is 0 Å². The highest BCUT2D eigenvalue weighted by Gasteiger charge is 2.50. The zero-order valence-electron chi connectivity index (χ0n) is 15.9. The maximum atomic E-state index is 13.4. The molecule has 4 heterocycles. The summed E-state index contributed by atoms with van der Waals surface area (Å²) in [6.45, 7) is 4.84. The lowest BCUT2D eigenvalue weighted by Gasteiger charge is -2.39. The Bertz CT molecular complexity index is 1140. The van der Waals surface area contributed by atoms with Crippen molar-refractivity contribution < 1.29 is 9.59 Å². The summed E-state index contributed by atoms with van der Waals surface area (Å²) in [7, 11) is 0. The number of anilines is 1. The molecule has 5 rings (SSSR count). The van der Waals surface area contributed by atoms with E-state index >= 15 is 0 Å². The van der Waals surface area contributed by atoms with Crippen molar-refractivity contribution in [2.75, 3.05) is 18.4 Å². The minimum absolute atomic E-state index is 0.0177. The Labute approximate surface area is 162 Å². The van der Waals surface area contributed by atoms with Crippen LogP contribution in [0.15, 0.2) is 36.5 Å². The molecule has 1 N–H and O–H groups in total. The fourth-order valence-corrected chi connectivity index (χ4v) is 4.60. The van der Waals surface area contributed by atoms with Crippen molar-refractivity contribution in [3.8, 4) is 0 Å². The SMILES string of the molecule is Cc1cc(C)n2ncc(C(=O)N3CCC[C@]4(C3)C(=O)Nc3ccccc34)c2n1. The van der Waals surface area contributed by atoms with Crippen LogP contribution in [0.1, 0.15) is 40.2 Å². The topological polar surface area (TPSA) is 79.6 Å². The summed E-state index contributed by atoms with van der Waals surface area (Å²) in [4.78, 5) is 32.5. The zero-order chi connectivity index (χ0) is 19.5. The molecule has 0 saturated carbocycles. The predicted octanol–water partition coefficient (Wildman–Crippen LogP) is 2.47. The standard InChI is InChI=1S/C21H21N5O2/c1-13-10-14(2)26-18(23-13)15(11-22-26)19(27)25-9-5-8-21(12-25)16-6-3-4-7-17(16)24-20(21)28/h3-4,6-7,10-11H,5,8-9,12H2,1-2H3,(H,24,28)/t21-/m1/s1. The molecule has 1 saturated heterocycles. The molecule has 1 fully saturated rings. The number of para-hydroxylation sites is 1. The van der Waals surface area contributed by atoms with Gasteiger partial charge in [0.25, 0.3) is 5.91 Å². The number of aryl methyl sites for hydroxylation is 2. The first kappa shape index (κ1) is 16.9. The smallest absolute Gasteiger partial charge is 0.259 e. The van der Waals surface area contributed by atoms with Gasteiger partial charge >= 0.3 is 0 Å². The van der Waals surface area contributed by atoms with Gasteiger partial charge in [0.1, 0.15) is 5.56 Å². The molecule has 1 spiro atoms. The van der Waals surface area contributed by atoms with Crippen molar-refractivity contribution in [2.24, 2.45) is 0 Å². The van der Waals surface area contributed by atoms with E-state index in [-0.39, 0.29) is 11.8 Å². The summed E-state index contributed by atoms with van der Waals surface area (Å²) in [5.41, 5.74) is 3.99. The van der Waals surface area contributed by atoms with Crippen molar-refractivity contribution in [3.63, 3.8) is 0 Å². The van der Waals surface area contributed by atoms with Gasteiger partial charge in [-0.15, -0.1) is 0 Å². The molecule has 2 amide bonds. The number of piperidine rings is 1. The average molecular weight is 375 g/mol. The number of rotatable bonds is 1. The van der Waals surface area contributed by atoms with Crippen molar-refractivity contribution >= 4 is 23.1 Å². The van der Waals surface area contributed by atoms with Crippen molar-refractivity contribution in [3.05, 3.63) is 59.0 Å². The number of hydrogen-bond acceptors (Lipinski definition) is 4. The summed E-state index contributed by atoms with van der Waals surface area (Å²) >= 11 is 0. The lowest BCUT2D eigenvalue weighted by atomic mass is 9.75. The highest BCUT2D eigenvalue weighted by Crippen LogP contribution is 2.43. The molecule has 28 heavy (non-hydrogen) atoms. The third-order valence-corrected chi connectivity index (χ3v) is 5.91. The molecular weight excluding hydrogens is 354 g/mol. The molecule has 1 aromatic carbocycles. The Kier molecular flexibility index (Phi) is 3.56. The molecular formula is C21H21N5O2. The van der Waals surface area contributed by atoms with Crippen LogP contribution in [-0.4, -0.2) is 44.4 Å². The van der Waals surface area contributed by atoms with E-state index in [0.29, 0.717) is 24.3 Å². The van der Waals surface area contributed by atoms with E-state index in [9.17, 15) is 9.59 Å². The van der Waals surface area contributed by atoms with Gasteiger partial charge in [-0.2, -0.15) is 5.10 Å².